The van der Waals surface area contributed by atoms with Gasteiger partial charge in [-0.05, 0) is 48.9 Å². The van der Waals surface area contributed by atoms with Crippen molar-refractivity contribution in [3.63, 3.8) is 0 Å². The Morgan fingerprint density at radius 2 is 2.00 bits per heavy atom. The third-order valence-electron chi connectivity index (χ3n) is 3.50. The van der Waals surface area contributed by atoms with Crippen molar-refractivity contribution in [2.45, 2.75) is 13.3 Å². The zero-order valence-corrected chi connectivity index (χ0v) is 13.5. The van der Waals surface area contributed by atoms with E-state index in [1.54, 1.807) is 10.9 Å². The minimum absolute atomic E-state index is 0.0585. The van der Waals surface area contributed by atoms with Crippen molar-refractivity contribution < 1.29 is 9.53 Å². The van der Waals surface area contributed by atoms with Gasteiger partial charge in [0.25, 0.3) is 0 Å². The molecule has 0 bridgehead atoms. The summed E-state index contributed by atoms with van der Waals surface area (Å²) in [6.45, 7) is 2.57. The first kappa shape index (κ1) is 15.8. The summed E-state index contributed by atoms with van der Waals surface area (Å²) >= 11 is 0. The number of anilines is 1. The molecule has 0 saturated carbocycles. The van der Waals surface area contributed by atoms with Crippen LogP contribution >= 0.6 is 0 Å². The zero-order valence-electron chi connectivity index (χ0n) is 13.5. The van der Waals surface area contributed by atoms with Gasteiger partial charge < -0.3 is 10.1 Å². The molecule has 0 saturated heterocycles. The molecular formula is C19H19N3O2. The summed E-state index contributed by atoms with van der Waals surface area (Å²) in [5, 5.41) is 7.11. The maximum atomic E-state index is 12.2. The largest absolute Gasteiger partial charge is 0.494 e. The van der Waals surface area contributed by atoms with Gasteiger partial charge in [0.05, 0.1) is 18.7 Å². The van der Waals surface area contributed by atoms with Crippen molar-refractivity contribution in [1.29, 1.82) is 0 Å². The van der Waals surface area contributed by atoms with Crippen LogP contribution in [0.1, 0.15) is 12.5 Å². The normalized spacial score (nSPS) is 10.4. The van der Waals surface area contributed by atoms with E-state index in [1.807, 2.05) is 67.7 Å². The molecule has 3 rings (SSSR count). The Bertz CT molecular complexity index is 796. The molecular weight excluding hydrogens is 302 g/mol. The number of rotatable bonds is 6. The molecule has 0 atom stereocenters. The highest BCUT2D eigenvalue weighted by Crippen LogP contribution is 2.16. The maximum Gasteiger partial charge on any atom is 0.228 e. The Balaban J connectivity index is 1.63. The van der Waals surface area contributed by atoms with Gasteiger partial charge in [-0.15, -0.1) is 0 Å². The third-order valence-corrected chi connectivity index (χ3v) is 3.50. The molecule has 5 nitrogen and oxygen atoms in total. The van der Waals surface area contributed by atoms with E-state index in [4.69, 9.17) is 4.74 Å². The molecule has 5 heteroatoms. The summed E-state index contributed by atoms with van der Waals surface area (Å²) in [5.74, 6) is 0.755. The molecule has 0 fully saturated rings. The molecule has 0 spiro atoms. The molecule has 3 aromatic rings. The van der Waals surface area contributed by atoms with E-state index in [0.29, 0.717) is 13.0 Å². The average molecular weight is 321 g/mol. The van der Waals surface area contributed by atoms with E-state index in [1.165, 1.54) is 0 Å². The summed E-state index contributed by atoms with van der Waals surface area (Å²) in [5.41, 5.74) is 2.59. The molecule has 0 aliphatic carbocycles. The number of carbonyl (C=O) groups excluding carboxylic acids is 1. The lowest BCUT2D eigenvalue weighted by Crippen LogP contribution is -2.14. The highest BCUT2D eigenvalue weighted by atomic mass is 16.5. The standard InChI is InChI=1S/C19H19N3O2/c1-2-24-18-9-7-15(8-10-18)13-19(23)21-16-5-3-6-17(14-16)22-12-4-11-20-22/h3-12,14H,2,13H2,1H3,(H,21,23). The van der Waals surface area contributed by atoms with E-state index in [0.717, 1.165) is 22.7 Å². The zero-order chi connectivity index (χ0) is 16.8. The predicted molar refractivity (Wildman–Crippen MR) is 93.5 cm³/mol. The van der Waals surface area contributed by atoms with Crippen LogP contribution in [0, 0.1) is 0 Å². The van der Waals surface area contributed by atoms with Crippen molar-refractivity contribution >= 4 is 11.6 Å². The van der Waals surface area contributed by atoms with Gasteiger partial charge in [-0.2, -0.15) is 5.10 Å². The quantitative estimate of drug-likeness (QED) is 0.756. The topological polar surface area (TPSA) is 56.1 Å². The molecule has 2 aromatic carbocycles. The van der Waals surface area contributed by atoms with Gasteiger partial charge in [0.15, 0.2) is 0 Å². The number of hydrogen-bond acceptors (Lipinski definition) is 3. The van der Waals surface area contributed by atoms with Crippen LogP contribution in [-0.4, -0.2) is 22.3 Å². The number of benzene rings is 2. The first-order valence-corrected chi connectivity index (χ1v) is 7.86. The fraction of sp³-hybridized carbons (Fsp3) is 0.158. The van der Waals surface area contributed by atoms with E-state index >= 15 is 0 Å². The smallest absolute Gasteiger partial charge is 0.228 e. The van der Waals surface area contributed by atoms with Crippen molar-refractivity contribution in [2.24, 2.45) is 0 Å². The second-order valence-corrected chi connectivity index (χ2v) is 5.30. The highest BCUT2D eigenvalue weighted by molar-refractivity contribution is 5.92. The molecule has 0 aliphatic rings. The second-order valence-electron chi connectivity index (χ2n) is 5.30. The van der Waals surface area contributed by atoms with Crippen LogP contribution in [0.2, 0.25) is 0 Å². The molecule has 0 unspecified atom stereocenters. The van der Waals surface area contributed by atoms with Crippen LogP contribution in [0.25, 0.3) is 5.69 Å². The van der Waals surface area contributed by atoms with Crippen molar-refractivity contribution in [2.75, 3.05) is 11.9 Å². The third kappa shape index (κ3) is 4.01. The number of carbonyl (C=O) groups is 1. The predicted octanol–water partition coefficient (Wildman–Crippen LogP) is 3.45. The maximum absolute atomic E-state index is 12.2. The summed E-state index contributed by atoms with van der Waals surface area (Å²) in [6, 6.07) is 17.0. The summed E-state index contributed by atoms with van der Waals surface area (Å²) < 4.78 is 7.15. The van der Waals surface area contributed by atoms with E-state index < -0.39 is 0 Å². The molecule has 122 valence electrons. The molecule has 1 heterocycles. The summed E-state index contributed by atoms with van der Waals surface area (Å²) in [7, 11) is 0. The van der Waals surface area contributed by atoms with E-state index in [-0.39, 0.29) is 5.91 Å². The molecule has 1 aromatic heterocycles. The summed E-state index contributed by atoms with van der Waals surface area (Å²) in [4.78, 5) is 12.2. The van der Waals surface area contributed by atoms with Gasteiger partial charge in [0, 0.05) is 18.1 Å². The summed E-state index contributed by atoms with van der Waals surface area (Å²) in [6.07, 6.45) is 3.90. The van der Waals surface area contributed by atoms with Gasteiger partial charge in [-0.25, -0.2) is 4.68 Å². The number of ether oxygens (including phenoxy) is 1. The van der Waals surface area contributed by atoms with Gasteiger partial charge in [0.1, 0.15) is 5.75 Å². The van der Waals surface area contributed by atoms with Crippen LogP contribution < -0.4 is 10.1 Å². The molecule has 24 heavy (non-hydrogen) atoms. The van der Waals surface area contributed by atoms with Crippen LogP contribution in [0.5, 0.6) is 5.75 Å². The molecule has 1 amide bonds. The number of amides is 1. The Morgan fingerprint density at radius 3 is 2.71 bits per heavy atom. The molecule has 1 N–H and O–H groups in total. The van der Waals surface area contributed by atoms with Crippen LogP contribution in [0.15, 0.2) is 67.0 Å². The minimum atomic E-state index is -0.0585. The molecule has 0 aliphatic heterocycles. The number of hydrogen-bond donors (Lipinski definition) is 1. The highest BCUT2D eigenvalue weighted by Gasteiger charge is 2.06. The SMILES string of the molecule is CCOc1ccc(CC(=O)Nc2cccc(-n3cccn3)c2)cc1. The Hall–Kier alpha value is -3.08. The minimum Gasteiger partial charge on any atom is -0.494 e. The first-order chi connectivity index (χ1) is 11.7. The van der Waals surface area contributed by atoms with Crippen LogP contribution in [-0.2, 0) is 11.2 Å². The number of aromatic nitrogens is 2. The van der Waals surface area contributed by atoms with Gasteiger partial charge in [0.2, 0.25) is 5.91 Å². The van der Waals surface area contributed by atoms with Gasteiger partial charge in [-0.1, -0.05) is 18.2 Å². The Kier molecular flexibility index (Phi) is 4.91. The van der Waals surface area contributed by atoms with Gasteiger partial charge >= 0.3 is 0 Å². The van der Waals surface area contributed by atoms with Crippen molar-refractivity contribution in [3.05, 3.63) is 72.6 Å². The van der Waals surface area contributed by atoms with Crippen molar-refractivity contribution in [1.82, 2.24) is 9.78 Å². The number of nitrogens with zero attached hydrogens (tertiary/aromatic N) is 2. The fourth-order valence-electron chi connectivity index (χ4n) is 2.41. The second kappa shape index (κ2) is 7.46. The van der Waals surface area contributed by atoms with E-state index in [2.05, 4.69) is 10.4 Å². The van der Waals surface area contributed by atoms with Gasteiger partial charge in [-0.3, -0.25) is 4.79 Å². The molecule has 0 radical (unpaired) electrons. The van der Waals surface area contributed by atoms with Crippen molar-refractivity contribution in [3.8, 4) is 11.4 Å². The number of nitrogens with one attached hydrogen (secondary N) is 1. The monoisotopic (exact) mass is 321 g/mol. The fourth-order valence-corrected chi connectivity index (χ4v) is 2.41. The van der Waals surface area contributed by atoms with Crippen LogP contribution in [0.4, 0.5) is 5.69 Å². The lowest BCUT2D eigenvalue weighted by Gasteiger charge is -2.08. The Labute approximate surface area is 140 Å². The lowest BCUT2D eigenvalue weighted by molar-refractivity contribution is -0.115. The van der Waals surface area contributed by atoms with E-state index in [9.17, 15) is 4.79 Å². The Morgan fingerprint density at radius 1 is 1.17 bits per heavy atom. The lowest BCUT2D eigenvalue weighted by atomic mass is 10.1. The average Bonchev–Trinajstić information content (AvgIpc) is 3.12. The first-order valence-electron chi connectivity index (χ1n) is 7.86. The van der Waals surface area contributed by atoms with Crippen LogP contribution in [0.3, 0.4) is 0 Å².